The van der Waals surface area contributed by atoms with Gasteiger partial charge in [-0.1, -0.05) is 54.9 Å². The molecular formula is C29H28ClNO6. The molecule has 1 aliphatic rings. The summed E-state index contributed by atoms with van der Waals surface area (Å²) in [7, 11) is 3.01. The van der Waals surface area contributed by atoms with Gasteiger partial charge in [0.25, 0.3) is 11.7 Å². The molecule has 0 aromatic heterocycles. The molecule has 1 aliphatic heterocycles. The second kappa shape index (κ2) is 11.4. The number of likely N-dealkylation sites (tertiary alicyclic amines) is 1. The highest BCUT2D eigenvalue weighted by Gasteiger charge is 2.46. The number of hydrogen-bond donors (Lipinski definition) is 1. The molecule has 1 saturated heterocycles. The second-order valence-corrected chi connectivity index (χ2v) is 8.93. The molecule has 0 spiro atoms. The van der Waals surface area contributed by atoms with Crippen LogP contribution in [0.25, 0.3) is 5.76 Å². The van der Waals surface area contributed by atoms with Crippen molar-refractivity contribution < 1.29 is 28.9 Å². The number of amides is 1. The van der Waals surface area contributed by atoms with Crippen molar-refractivity contribution in [3.63, 3.8) is 0 Å². The van der Waals surface area contributed by atoms with E-state index in [0.717, 1.165) is 5.56 Å². The Kier molecular flexibility index (Phi) is 8.04. The van der Waals surface area contributed by atoms with Crippen molar-refractivity contribution in [2.75, 3.05) is 20.8 Å². The van der Waals surface area contributed by atoms with Crippen molar-refractivity contribution in [1.82, 2.24) is 4.90 Å². The van der Waals surface area contributed by atoms with Gasteiger partial charge in [0.2, 0.25) is 0 Å². The van der Waals surface area contributed by atoms with E-state index in [1.54, 1.807) is 30.3 Å². The van der Waals surface area contributed by atoms with Gasteiger partial charge in [-0.3, -0.25) is 9.59 Å². The molecular weight excluding hydrogens is 494 g/mol. The third-order valence-electron chi connectivity index (χ3n) is 6.17. The maximum Gasteiger partial charge on any atom is 0.295 e. The van der Waals surface area contributed by atoms with Gasteiger partial charge in [-0.2, -0.15) is 0 Å². The first-order chi connectivity index (χ1) is 17.9. The normalized spacial score (nSPS) is 16.6. The number of aliphatic hydroxyl groups excluding tert-OH is 1. The molecule has 37 heavy (non-hydrogen) atoms. The van der Waals surface area contributed by atoms with E-state index in [4.69, 9.17) is 25.8 Å². The Morgan fingerprint density at radius 3 is 2.41 bits per heavy atom. The number of hydrogen-bond acceptors (Lipinski definition) is 6. The van der Waals surface area contributed by atoms with Crippen molar-refractivity contribution in [3.8, 4) is 17.2 Å². The van der Waals surface area contributed by atoms with E-state index in [1.807, 2.05) is 37.3 Å². The maximum absolute atomic E-state index is 13.2. The summed E-state index contributed by atoms with van der Waals surface area (Å²) in [6.07, 6.45) is 0.624. The van der Waals surface area contributed by atoms with Crippen LogP contribution < -0.4 is 14.2 Å². The maximum atomic E-state index is 13.2. The van der Waals surface area contributed by atoms with Crippen LogP contribution in [0.2, 0.25) is 5.02 Å². The van der Waals surface area contributed by atoms with E-state index in [-0.39, 0.29) is 21.9 Å². The standard InChI is InChI=1S/C29H28ClNO6/c1-4-14-31-26(19-10-13-23(24(15-19)36-3)37-17-18-8-6-5-7-9-18)25(28(33)29(31)34)27(32)21-16-20(35-2)11-12-22(21)30/h5-13,15-16,26,32H,4,14,17H2,1-3H3/b27-25+. The van der Waals surface area contributed by atoms with Crippen LogP contribution in [0.4, 0.5) is 0 Å². The summed E-state index contributed by atoms with van der Waals surface area (Å²) in [6.45, 7) is 2.59. The van der Waals surface area contributed by atoms with E-state index in [2.05, 4.69) is 0 Å². The van der Waals surface area contributed by atoms with Gasteiger partial charge in [0.1, 0.15) is 18.1 Å². The molecule has 1 unspecified atom stereocenters. The van der Waals surface area contributed by atoms with E-state index in [1.165, 1.54) is 25.2 Å². The quantitative estimate of drug-likeness (QED) is 0.219. The van der Waals surface area contributed by atoms with Gasteiger partial charge < -0.3 is 24.2 Å². The third kappa shape index (κ3) is 5.27. The lowest BCUT2D eigenvalue weighted by molar-refractivity contribution is -0.139. The number of nitrogens with zero attached hydrogens (tertiary/aromatic N) is 1. The van der Waals surface area contributed by atoms with Crippen LogP contribution in [0, 0.1) is 0 Å². The number of ketones is 1. The minimum absolute atomic E-state index is 0.0476. The lowest BCUT2D eigenvalue weighted by Crippen LogP contribution is -2.30. The number of aliphatic hydroxyl groups is 1. The van der Waals surface area contributed by atoms with Crippen molar-refractivity contribution in [2.24, 2.45) is 0 Å². The third-order valence-corrected chi connectivity index (χ3v) is 6.50. The fraction of sp³-hybridized carbons (Fsp3) is 0.241. The molecule has 0 aliphatic carbocycles. The molecule has 1 fully saturated rings. The van der Waals surface area contributed by atoms with E-state index in [9.17, 15) is 14.7 Å². The Labute approximate surface area is 220 Å². The molecule has 1 amide bonds. The summed E-state index contributed by atoms with van der Waals surface area (Å²) < 4.78 is 16.8. The molecule has 192 valence electrons. The molecule has 0 saturated carbocycles. The van der Waals surface area contributed by atoms with E-state index >= 15 is 0 Å². The number of benzene rings is 3. The molecule has 0 radical (unpaired) electrons. The van der Waals surface area contributed by atoms with Crippen LogP contribution in [0.15, 0.2) is 72.3 Å². The monoisotopic (exact) mass is 521 g/mol. The van der Waals surface area contributed by atoms with Gasteiger partial charge in [0.15, 0.2) is 11.5 Å². The Morgan fingerprint density at radius 2 is 1.73 bits per heavy atom. The predicted octanol–water partition coefficient (Wildman–Crippen LogP) is 5.77. The average Bonchev–Trinajstić information content (AvgIpc) is 3.17. The number of rotatable bonds is 9. The first kappa shape index (κ1) is 26.1. The molecule has 3 aromatic rings. The first-order valence-corrected chi connectivity index (χ1v) is 12.2. The molecule has 8 heteroatoms. The van der Waals surface area contributed by atoms with Crippen molar-refractivity contribution >= 4 is 29.1 Å². The molecule has 1 heterocycles. The number of carbonyl (C=O) groups is 2. The average molecular weight is 522 g/mol. The minimum atomic E-state index is -0.834. The lowest BCUT2D eigenvalue weighted by atomic mass is 9.94. The Hall–Kier alpha value is -3.97. The van der Waals surface area contributed by atoms with Gasteiger partial charge in [0.05, 0.1) is 30.9 Å². The van der Waals surface area contributed by atoms with Gasteiger partial charge in [-0.25, -0.2) is 0 Å². The van der Waals surface area contributed by atoms with Crippen LogP contribution in [0.5, 0.6) is 17.2 Å². The lowest BCUT2D eigenvalue weighted by Gasteiger charge is -2.25. The summed E-state index contributed by atoms with van der Waals surface area (Å²) in [5, 5.41) is 11.5. The van der Waals surface area contributed by atoms with Crippen molar-refractivity contribution in [3.05, 3.63) is 94.0 Å². The zero-order valence-electron chi connectivity index (χ0n) is 20.9. The molecule has 4 rings (SSSR count). The number of Topliss-reactive ketones (excluding diaryl/α,β-unsaturated/α-hetero) is 1. The number of ether oxygens (including phenoxy) is 3. The fourth-order valence-corrected chi connectivity index (χ4v) is 4.57. The highest BCUT2D eigenvalue weighted by atomic mass is 35.5. The van der Waals surface area contributed by atoms with Crippen LogP contribution in [-0.2, 0) is 16.2 Å². The van der Waals surface area contributed by atoms with Crippen molar-refractivity contribution in [2.45, 2.75) is 26.0 Å². The summed E-state index contributed by atoms with van der Waals surface area (Å²) in [6, 6.07) is 18.9. The minimum Gasteiger partial charge on any atom is -0.507 e. The van der Waals surface area contributed by atoms with Crippen LogP contribution in [0.1, 0.15) is 36.1 Å². The number of methoxy groups -OCH3 is 2. The first-order valence-electron chi connectivity index (χ1n) is 11.9. The van der Waals surface area contributed by atoms with Gasteiger partial charge >= 0.3 is 0 Å². The molecule has 1 N–H and O–H groups in total. The summed E-state index contributed by atoms with van der Waals surface area (Å²) in [5.41, 5.74) is 1.75. The Balaban J connectivity index is 1.78. The topological polar surface area (TPSA) is 85.3 Å². The Morgan fingerprint density at radius 1 is 0.973 bits per heavy atom. The zero-order valence-corrected chi connectivity index (χ0v) is 21.6. The number of halogens is 1. The second-order valence-electron chi connectivity index (χ2n) is 8.52. The molecule has 3 aromatic carbocycles. The smallest absolute Gasteiger partial charge is 0.295 e. The van der Waals surface area contributed by atoms with Crippen molar-refractivity contribution in [1.29, 1.82) is 0 Å². The molecule has 1 atom stereocenters. The number of carbonyl (C=O) groups excluding carboxylic acids is 2. The van der Waals surface area contributed by atoms with E-state index < -0.39 is 17.7 Å². The highest BCUT2D eigenvalue weighted by molar-refractivity contribution is 6.47. The Bertz CT molecular complexity index is 1340. The van der Waals surface area contributed by atoms with Crippen LogP contribution >= 0.6 is 11.6 Å². The highest BCUT2D eigenvalue weighted by Crippen LogP contribution is 2.43. The van der Waals surface area contributed by atoms with Crippen LogP contribution in [0.3, 0.4) is 0 Å². The SMILES string of the molecule is CCCN1C(=O)C(=O)/C(=C(/O)c2cc(OC)ccc2Cl)C1c1ccc(OCc2ccccc2)c(OC)c1. The van der Waals surface area contributed by atoms with Gasteiger partial charge in [-0.15, -0.1) is 0 Å². The van der Waals surface area contributed by atoms with Crippen LogP contribution in [-0.4, -0.2) is 42.5 Å². The zero-order chi connectivity index (χ0) is 26.5. The summed E-state index contributed by atoms with van der Waals surface area (Å²) in [4.78, 5) is 27.7. The van der Waals surface area contributed by atoms with E-state index in [0.29, 0.717) is 42.4 Å². The summed E-state index contributed by atoms with van der Waals surface area (Å²) >= 11 is 6.36. The van der Waals surface area contributed by atoms with Gasteiger partial charge in [-0.05, 0) is 47.9 Å². The molecule has 7 nitrogen and oxygen atoms in total. The summed E-state index contributed by atoms with van der Waals surface area (Å²) in [5.74, 6) is -0.427. The predicted molar refractivity (Wildman–Crippen MR) is 141 cm³/mol. The van der Waals surface area contributed by atoms with Gasteiger partial charge in [0, 0.05) is 12.1 Å². The largest absolute Gasteiger partial charge is 0.507 e. The fourth-order valence-electron chi connectivity index (χ4n) is 4.36. The molecule has 0 bridgehead atoms.